The summed E-state index contributed by atoms with van der Waals surface area (Å²) in [6.45, 7) is 2.40. The number of rotatable bonds is 6. The third kappa shape index (κ3) is 4.16. The predicted octanol–water partition coefficient (Wildman–Crippen LogP) is 4.60. The Hall–Kier alpha value is -3.71. The van der Waals surface area contributed by atoms with Crippen molar-refractivity contribution < 1.29 is 9.59 Å². The third-order valence-corrected chi connectivity index (χ3v) is 5.33. The second-order valence-corrected chi connectivity index (χ2v) is 7.49. The van der Waals surface area contributed by atoms with Crippen LogP contribution in [0, 0.1) is 0 Å². The lowest BCUT2D eigenvalue weighted by Crippen LogP contribution is -2.22. The molecule has 0 radical (unpaired) electrons. The van der Waals surface area contributed by atoms with Gasteiger partial charge in [-0.15, -0.1) is 11.3 Å². The monoisotopic (exact) mass is 416 g/mol. The molecule has 2 aromatic carbocycles. The fourth-order valence-corrected chi connectivity index (χ4v) is 3.77. The van der Waals surface area contributed by atoms with Gasteiger partial charge in [0.15, 0.2) is 0 Å². The Morgan fingerprint density at radius 2 is 1.83 bits per heavy atom. The lowest BCUT2D eigenvalue weighted by molar-refractivity contribution is 0.0954. The molecular formula is C23H20N4O2S. The van der Waals surface area contributed by atoms with Crippen LogP contribution in [0.1, 0.15) is 27.6 Å². The number of hydrogen-bond donors (Lipinski definition) is 2. The molecule has 150 valence electrons. The van der Waals surface area contributed by atoms with E-state index in [9.17, 15) is 9.59 Å². The largest absolute Gasteiger partial charge is 0.352 e. The van der Waals surface area contributed by atoms with Crippen LogP contribution in [0.5, 0.6) is 0 Å². The summed E-state index contributed by atoms with van der Waals surface area (Å²) in [5.74, 6) is -0.460. The van der Waals surface area contributed by atoms with Crippen molar-refractivity contribution in [3.8, 4) is 16.3 Å². The Morgan fingerprint density at radius 3 is 2.57 bits per heavy atom. The smallest absolute Gasteiger partial charge is 0.259 e. The van der Waals surface area contributed by atoms with E-state index in [0.717, 1.165) is 10.6 Å². The van der Waals surface area contributed by atoms with Crippen molar-refractivity contribution in [2.45, 2.75) is 6.92 Å². The highest BCUT2D eigenvalue weighted by atomic mass is 32.1. The SMILES string of the molecule is CCNC(=O)c1cccc(NC(=O)c2cn(-c3ccccc3)nc2-c2cccs2)c1. The number of anilines is 1. The van der Waals surface area contributed by atoms with E-state index in [1.807, 2.05) is 54.8 Å². The van der Waals surface area contributed by atoms with Crippen LogP contribution in [0.25, 0.3) is 16.3 Å². The highest BCUT2D eigenvalue weighted by molar-refractivity contribution is 7.13. The van der Waals surface area contributed by atoms with Crippen molar-refractivity contribution in [1.82, 2.24) is 15.1 Å². The number of nitrogens with one attached hydrogen (secondary N) is 2. The second-order valence-electron chi connectivity index (χ2n) is 6.54. The summed E-state index contributed by atoms with van der Waals surface area (Å²) in [6.07, 6.45) is 1.73. The van der Waals surface area contributed by atoms with Crippen molar-refractivity contribution in [1.29, 1.82) is 0 Å². The molecule has 7 heteroatoms. The van der Waals surface area contributed by atoms with Gasteiger partial charge in [0.25, 0.3) is 11.8 Å². The van der Waals surface area contributed by atoms with E-state index in [2.05, 4.69) is 15.7 Å². The molecule has 4 aromatic rings. The third-order valence-electron chi connectivity index (χ3n) is 4.45. The number of amides is 2. The molecule has 0 fully saturated rings. The Kier molecular flexibility index (Phi) is 5.72. The number of carbonyl (C=O) groups excluding carboxylic acids is 2. The number of para-hydroxylation sites is 1. The molecule has 0 aliphatic heterocycles. The van der Waals surface area contributed by atoms with Gasteiger partial charge >= 0.3 is 0 Å². The van der Waals surface area contributed by atoms with Gasteiger partial charge in [-0.05, 0) is 48.7 Å². The summed E-state index contributed by atoms with van der Waals surface area (Å²) in [6, 6.07) is 20.4. The van der Waals surface area contributed by atoms with Crippen LogP contribution < -0.4 is 10.6 Å². The molecule has 30 heavy (non-hydrogen) atoms. The molecule has 0 aliphatic carbocycles. The van der Waals surface area contributed by atoms with Crippen molar-refractivity contribution in [2.24, 2.45) is 0 Å². The minimum absolute atomic E-state index is 0.176. The molecule has 0 aliphatic rings. The highest BCUT2D eigenvalue weighted by Gasteiger charge is 2.20. The van der Waals surface area contributed by atoms with Crippen LogP contribution in [0.15, 0.2) is 78.3 Å². The van der Waals surface area contributed by atoms with E-state index in [1.165, 1.54) is 11.3 Å². The standard InChI is InChI=1S/C23H20N4O2S/c1-2-24-22(28)16-8-6-9-17(14-16)25-23(29)19-15-27(18-10-4-3-5-11-18)26-21(19)20-12-7-13-30-20/h3-15H,2H2,1H3,(H,24,28)(H,25,29). The molecule has 2 aromatic heterocycles. The average molecular weight is 417 g/mol. The minimum atomic E-state index is -0.284. The maximum atomic E-state index is 13.1. The van der Waals surface area contributed by atoms with E-state index < -0.39 is 0 Å². The molecule has 2 amide bonds. The van der Waals surface area contributed by atoms with E-state index >= 15 is 0 Å². The molecule has 4 rings (SSSR count). The van der Waals surface area contributed by atoms with E-state index in [1.54, 1.807) is 35.1 Å². The predicted molar refractivity (Wildman–Crippen MR) is 119 cm³/mol. The highest BCUT2D eigenvalue weighted by Crippen LogP contribution is 2.28. The second kappa shape index (κ2) is 8.75. The maximum absolute atomic E-state index is 13.1. The molecule has 2 heterocycles. The molecule has 2 N–H and O–H groups in total. The molecule has 0 saturated heterocycles. The number of nitrogens with zero attached hydrogens (tertiary/aromatic N) is 2. The number of hydrogen-bond acceptors (Lipinski definition) is 4. The number of aromatic nitrogens is 2. The first-order valence-corrected chi connectivity index (χ1v) is 10.4. The average Bonchev–Trinajstić information content (AvgIpc) is 3.45. The molecule has 0 spiro atoms. The lowest BCUT2D eigenvalue weighted by atomic mass is 10.1. The quantitative estimate of drug-likeness (QED) is 0.482. The Balaban J connectivity index is 1.66. The first-order valence-electron chi connectivity index (χ1n) is 9.54. The van der Waals surface area contributed by atoms with Gasteiger partial charge in [0, 0.05) is 24.0 Å². The maximum Gasteiger partial charge on any atom is 0.259 e. The van der Waals surface area contributed by atoms with Gasteiger partial charge in [0.05, 0.1) is 16.1 Å². The fraction of sp³-hybridized carbons (Fsp3) is 0.0870. The van der Waals surface area contributed by atoms with Crippen molar-refractivity contribution in [2.75, 3.05) is 11.9 Å². The molecular weight excluding hydrogens is 396 g/mol. The van der Waals surface area contributed by atoms with E-state index in [4.69, 9.17) is 0 Å². The van der Waals surface area contributed by atoms with Crippen LogP contribution >= 0.6 is 11.3 Å². The fourth-order valence-electron chi connectivity index (χ4n) is 3.05. The van der Waals surface area contributed by atoms with Crippen molar-refractivity contribution in [3.05, 3.63) is 89.4 Å². The Bertz CT molecular complexity index is 1170. The topological polar surface area (TPSA) is 76.0 Å². The first-order chi connectivity index (χ1) is 14.7. The van der Waals surface area contributed by atoms with Crippen LogP contribution in [0.4, 0.5) is 5.69 Å². The molecule has 0 saturated carbocycles. The van der Waals surface area contributed by atoms with E-state index in [0.29, 0.717) is 29.1 Å². The van der Waals surface area contributed by atoms with Crippen LogP contribution in [0.2, 0.25) is 0 Å². The number of carbonyl (C=O) groups is 2. The van der Waals surface area contributed by atoms with Gasteiger partial charge in [0.1, 0.15) is 5.69 Å². The minimum Gasteiger partial charge on any atom is -0.352 e. The zero-order valence-electron chi connectivity index (χ0n) is 16.3. The van der Waals surface area contributed by atoms with Gasteiger partial charge in [-0.1, -0.05) is 30.3 Å². The summed E-state index contributed by atoms with van der Waals surface area (Å²) in [5.41, 5.74) is 2.99. The Morgan fingerprint density at radius 1 is 1.00 bits per heavy atom. The van der Waals surface area contributed by atoms with Gasteiger partial charge in [-0.25, -0.2) is 4.68 Å². The van der Waals surface area contributed by atoms with Crippen molar-refractivity contribution >= 4 is 28.8 Å². The summed E-state index contributed by atoms with van der Waals surface area (Å²) >= 11 is 1.53. The van der Waals surface area contributed by atoms with Crippen LogP contribution in [-0.4, -0.2) is 28.1 Å². The zero-order chi connectivity index (χ0) is 20.9. The molecule has 0 unspecified atom stereocenters. The van der Waals surface area contributed by atoms with Gasteiger partial charge in [-0.2, -0.15) is 5.10 Å². The first kappa shape index (κ1) is 19.6. The zero-order valence-corrected chi connectivity index (χ0v) is 17.1. The van der Waals surface area contributed by atoms with Crippen LogP contribution in [-0.2, 0) is 0 Å². The summed E-state index contributed by atoms with van der Waals surface area (Å²) < 4.78 is 1.70. The molecule has 0 atom stereocenters. The van der Waals surface area contributed by atoms with E-state index in [-0.39, 0.29) is 11.8 Å². The normalized spacial score (nSPS) is 10.6. The summed E-state index contributed by atoms with van der Waals surface area (Å²) in [7, 11) is 0. The lowest BCUT2D eigenvalue weighted by Gasteiger charge is -2.07. The Labute approximate surface area is 178 Å². The van der Waals surface area contributed by atoms with Crippen LogP contribution in [0.3, 0.4) is 0 Å². The van der Waals surface area contributed by atoms with Gasteiger partial charge in [-0.3, -0.25) is 9.59 Å². The molecule has 0 bridgehead atoms. The van der Waals surface area contributed by atoms with Gasteiger partial charge < -0.3 is 10.6 Å². The number of benzene rings is 2. The molecule has 6 nitrogen and oxygen atoms in total. The summed E-state index contributed by atoms with van der Waals surface area (Å²) in [4.78, 5) is 26.1. The summed E-state index contributed by atoms with van der Waals surface area (Å²) in [5, 5.41) is 12.3. The van der Waals surface area contributed by atoms with Gasteiger partial charge in [0.2, 0.25) is 0 Å². The van der Waals surface area contributed by atoms with Crippen molar-refractivity contribution in [3.63, 3.8) is 0 Å². The number of thiophene rings is 1.